The molecule has 1 aliphatic heterocycles. The Morgan fingerprint density at radius 3 is 2.60 bits per heavy atom. The van der Waals surface area contributed by atoms with Crippen LogP contribution in [0.5, 0.6) is 0 Å². The number of rotatable bonds is 6. The van der Waals surface area contributed by atoms with Gasteiger partial charge < -0.3 is 10.3 Å². The van der Waals surface area contributed by atoms with Gasteiger partial charge in [0.25, 0.3) is 0 Å². The summed E-state index contributed by atoms with van der Waals surface area (Å²) in [5, 5.41) is 11.3. The second kappa shape index (κ2) is 9.38. The monoisotopic (exact) mass is 467 g/mol. The molecule has 1 aliphatic carbocycles. The molecule has 0 saturated carbocycles. The number of likely N-dealkylation sites (tertiary alicyclic amines) is 1. The predicted octanol–water partition coefficient (Wildman–Crippen LogP) is 3.87. The predicted molar refractivity (Wildman–Crippen MR) is 135 cm³/mol. The molecule has 2 aromatic carbocycles. The van der Waals surface area contributed by atoms with E-state index in [1.807, 2.05) is 47.3 Å². The van der Waals surface area contributed by atoms with Crippen LogP contribution in [0.3, 0.4) is 0 Å². The maximum Gasteiger partial charge on any atom is 0.320 e. The molecular weight excluding hydrogens is 438 g/mol. The van der Waals surface area contributed by atoms with Gasteiger partial charge in [0.1, 0.15) is 11.6 Å². The Kier molecular flexibility index (Phi) is 5.79. The van der Waals surface area contributed by atoms with Crippen LogP contribution in [-0.2, 0) is 19.4 Å². The Hall–Kier alpha value is -3.91. The highest BCUT2D eigenvalue weighted by molar-refractivity contribution is 5.90. The number of nitrogens with one attached hydrogen (secondary N) is 3. The lowest BCUT2D eigenvalue weighted by Gasteiger charge is -2.21. The Morgan fingerprint density at radius 1 is 1.03 bits per heavy atom. The molecule has 35 heavy (non-hydrogen) atoms. The number of carbonyl (C=O) groups is 1. The van der Waals surface area contributed by atoms with Crippen molar-refractivity contribution in [2.45, 2.75) is 37.8 Å². The Balaban J connectivity index is 1.22. The first-order chi connectivity index (χ1) is 17.2. The fourth-order valence-electron chi connectivity index (χ4n) is 5.38. The number of nitrogens with zero attached hydrogens (tertiary/aromatic N) is 4. The Bertz CT molecular complexity index is 1280. The van der Waals surface area contributed by atoms with Gasteiger partial charge in [-0.15, -0.1) is 0 Å². The summed E-state index contributed by atoms with van der Waals surface area (Å²) in [5.74, 6) is 1.91. The van der Waals surface area contributed by atoms with Gasteiger partial charge in [-0.25, -0.2) is 14.5 Å². The zero-order valence-corrected chi connectivity index (χ0v) is 19.5. The van der Waals surface area contributed by atoms with Crippen LogP contribution in [0.25, 0.3) is 5.69 Å². The van der Waals surface area contributed by atoms with Gasteiger partial charge in [-0.1, -0.05) is 48.5 Å². The van der Waals surface area contributed by atoms with Crippen LogP contribution in [0.1, 0.15) is 35.0 Å². The third-order valence-corrected chi connectivity index (χ3v) is 7.01. The SMILES string of the molecule is O=C(Nc1c2c(nn1-c1ccccc1)CCC2)NC1CN(Cc2ncc[nH]2)C[C@H]1c1ccccc1. The minimum atomic E-state index is -0.192. The van der Waals surface area contributed by atoms with Crippen molar-refractivity contribution in [3.8, 4) is 5.69 Å². The summed E-state index contributed by atoms with van der Waals surface area (Å²) in [5.41, 5.74) is 4.41. The van der Waals surface area contributed by atoms with Gasteiger partial charge in [-0.05, 0) is 37.0 Å². The number of carbonyl (C=O) groups excluding carboxylic acids is 1. The fraction of sp³-hybridized carbons (Fsp3) is 0.296. The van der Waals surface area contributed by atoms with Crippen LogP contribution in [0.15, 0.2) is 73.1 Å². The van der Waals surface area contributed by atoms with Crippen molar-refractivity contribution >= 4 is 11.8 Å². The lowest BCUT2D eigenvalue weighted by atomic mass is 9.94. The maximum atomic E-state index is 13.3. The number of hydrogen-bond donors (Lipinski definition) is 3. The topological polar surface area (TPSA) is 90.9 Å². The lowest BCUT2D eigenvalue weighted by molar-refractivity contribution is 0.246. The molecular formula is C27H29N7O. The molecule has 1 saturated heterocycles. The number of imidazole rings is 1. The number of aryl methyl sites for hydroxylation is 1. The zero-order chi connectivity index (χ0) is 23.6. The van der Waals surface area contributed by atoms with E-state index >= 15 is 0 Å². The van der Waals surface area contributed by atoms with Crippen molar-refractivity contribution in [1.82, 2.24) is 30.0 Å². The number of hydrogen-bond acceptors (Lipinski definition) is 4. The number of aromatic amines is 1. The minimum Gasteiger partial charge on any atom is -0.348 e. The Morgan fingerprint density at radius 2 is 1.83 bits per heavy atom. The minimum absolute atomic E-state index is 0.0199. The number of para-hydroxylation sites is 1. The van der Waals surface area contributed by atoms with Crippen LogP contribution in [0.4, 0.5) is 10.6 Å². The molecule has 178 valence electrons. The van der Waals surface area contributed by atoms with E-state index in [4.69, 9.17) is 5.10 Å². The molecule has 2 amide bonds. The second-order valence-corrected chi connectivity index (χ2v) is 9.33. The standard InChI is InChI=1S/C27H29N7O/c35-27(31-26-21-12-7-13-23(21)32-34(26)20-10-5-2-6-11-20)30-24-17-33(18-25-28-14-15-29-25)16-22(24)19-8-3-1-4-9-19/h1-6,8-11,14-15,22,24H,7,12-13,16-18H2,(H,28,29)(H2,30,31,35)/t22-,24?/m0/s1. The van der Waals surface area contributed by atoms with Gasteiger partial charge in [-0.3, -0.25) is 10.2 Å². The van der Waals surface area contributed by atoms with Crippen LogP contribution in [0, 0.1) is 0 Å². The van der Waals surface area contributed by atoms with Gasteiger partial charge in [0.15, 0.2) is 0 Å². The van der Waals surface area contributed by atoms with Crippen LogP contribution >= 0.6 is 0 Å². The highest BCUT2D eigenvalue weighted by Gasteiger charge is 2.35. The third-order valence-electron chi connectivity index (χ3n) is 7.01. The molecule has 4 aromatic rings. The van der Waals surface area contributed by atoms with Gasteiger partial charge in [-0.2, -0.15) is 5.10 Å². The van der Waals surface area contributed by atoms with E-state index in [2.05, 4.69) is 49.8 Å². The first-order valence-corrected chi connectivity index (χ1v) is 12.2. The first kappa shape index (κ1) is 21.6. The van der Waals surface area contributed by atoms with E-state index in [1.165, 1.54) is 5.56 Å². The van der Waals surface area contributed by atoms with E-state index < -0.39 is 0 Å². The van der Waals surface area contributed by atoms with E-state index in [1.54, 1.807) is 6.20 Å². The average molecular weight is 468 g/mol. The van der Waals surface area contributed by atoms with Gasteiger partial charge in [0.2, 0.25) is 0 Å². The molecule has 2 aliphatic rings. The van der Waals surface area contributed by atoms with Crippen molar-refractivity contribution in [3.63, 3.8) is 0 Å². The molecule has 6 rings (SSSR count). The quantitative estimate of drug-likeness (QED) is 0.401. The summed E-state index contributed by atoms with van der Waals surface area (Å²) in [6.07, 6.45) is 6.58. The summed E-state index contributed by atoms with van der Waals surface area (Å²) in [7, 11) is 0. The number of aromatic nitrogens is 4. The normalized spacial score (nSPS) is 19.5. The molecule has 8 heteroatoms. The van der Waals surface area contributed by atoms with Crippen molar-refractivity contribution in [2.75, 3.05) is 18.4 Å². The number of fused-ring (bicyclic) bond motifs is 1. The molecule has 1 unspecified atom stereocenters. The number of urea groups is 1. The molecule has 0 radical (unpaired) electrons. The molecule has 2 aromatic heterocycles. The summed E-state index contributed by atoms with van der Waals surface area (Å²) >= 11 is 0. The average Bonchev–Trinajstić information content (AvgIpc) is 3.67. The summed E-state index contributed by atoms with van der Waals surface area (Å²) in [6.45, 7) is 2.33. The van der Waals surface area contributed by atoms with Crippen molar-refractivity contribution < 1.29 is 4.79 Å². The zero-order valence-electron chi connectivity index (χ0n) is 19.5. The number of benzene rings is 2. The number of anilines is 1. The second-order valence-electron chi connectivity index (χ2n) is 9.33. The van der Waals surface area contributed by atoms with Crippen molar-refractivity contribution in [1.29, 1.82) is 0 Å². The van der Waals surface area contributed by atoms with Gasteiger partial charge >= 0.3 is 6.03 Å². The van der Waals surface area contributed by atoms with E-state index in [0.717, 1.165) is 67.5 Å². The molecule has 8 nitrogen and oxygen atoms in total. The third kappa shape index (κ3) is 4.44. The largest absolute Gasteiger partial charge is 0.348 e. The molecule has 1 fully saturated rings. The number of amides is 2. The molecule has 0 bridgehead atoms. The van der Waals surface area contributed by atoms with Gasteiger partial charge in [0.05, 0.1) is 24.0 Å². The molecule has 3 N–H and O–H groups in total. The molecule has 0 spiro atoms. The molecule has 3 heterocycles. The lowest BCUT2D eigenvalue weighted by Crippen LogP contribution is -2.42. The fourth-order valence-corrected chi connectivity index (χ4v) is 5.38. The first-order valence-electron chi connectivity index (χ1n) is 12.2. The van der Waals surface area contributed by atoms with E-state index in [9.17, 15) is 4.79 Å². The highest BCUT2D eigenvalue weighted by atomic mass is 16.2. The van der Waals surface area contributed by atoms with Crippen LogP contribution < -0.4 is 10.6 Å². The van der Waals surface area contributed by atoms with Crippen molar-refractivity contribution in [2.24, 2.45) is 0 Å². The van der Waals surface area contributed by atoms with Gasteiger partial charge in [0, 0.05) is 37.0 Å². The molecule has 2 atom stereocenters. The summed E-state index contributed by atoms with van der Waals surface area (Å²) in [6, 6.07) is 20.2. The summed E-state index contributed by atoms with van der Waals surface area (Å²) < 4.78 is 1.87. The van der Waals surface area contributed by atoms with Crippen molar-refractivity contribution in [3.05, 3.63) is 95.7 Å². The van der Waals surface area contributed by atoms with E-state index in [-0.39, 0.29) is 18.0 Å². The van der Waals surface area contributed by atoms with E-state index in [0.29, 0.717) is 0 Å². The van der Waals surface area contributed by atoms with Crippen LogP contribution in [-0.4, -0.2) is 49.8 Å². The van der Waals surface area contributed by atoms with Crippen LogP contribution in [0.2, 0.25) is 0 Å². The maximum absolute atomic E-state index is 13.3. The highest BCUT2D eigenvalue weighted by Crippen LogP contribution is 2.32. The number of H-pyrrole nitrogens is 1. The smallest absolute Gasteiger partial charge is 0.320 e. The summed E-state index contributed by atoms with van der Waals surface area (Å²) in [4.78, 5) is 23.3. The Labute approximate surface area is 204 Å².